The summed E-state index contributed by atoms with van der Waals surface area (Å²) in [4.78, 5) is 35.5. The molecule has 1 unspecified atom stereocenters. The standard InChI is InChI=1S/C22H28N4O3/c1-4-20(27)26-10-6-8-17(14-26)21-23-13-19(15(2)25-21)22(28)24-12-16-7-5-9-18(11-16)29-3/h5,7,9,11,13,17H,4,6,8,10,12,14H2,1-3H3,(H,24,28). The van der Waals surface area contributed by atoms with Gasteiger partial charge in [-0.15, -0.1) is 0 Å². The molecule has 0 aliphatic carbocycles. The van der Waals surface area contributed by atoms with Crippen LogP contribution in [-0.4, -0.2) is 46.9 Å². The molecule has 2 heterocycles. The van der Waals surface area contributed by atoms with Gasteiger partial charge >= 0.3 is 0 Å². The zero-order valence-corrected chi connectivity index (χ0v) is 17.3. The molecule has 1 aromatic heterocycles. The molecule has 1 fully saturated rings. The number of rotatable bonds is 6. The molecule has 0 saturated carbocycles. The quantitative estimate of drug-likeness (QED) is 0.812. The summed E-state index contributed by atoms with van der Waals surface area (Å²) in [5.41, 5.74) is 2.07. The second-order valence-corrected chi connectivity index (χ2v) is 7.29. The van der Waals surface area contributed by atoms with E-state index in [0.717, 1.165) is 30.7 Å². The fourth-order valence-electron chi connectivity index (χ4n) is 3.60. The first-order valence-corrected chi connectivity index (χ1v) is 10.0. The molecule has 1 N–H and O–H groups in total. The minimum absolute atomic E-state index is 0.117. The number of benzene rings is 1. The van der Waals surface area contributed by atoms with Crippen molar-refractivity contribution in [2.45, 2.75) is 45.6 Å². The van der Waals surface area contributed by atoms with E-state index in [-0.39, 0.29) is 17.7 Å². The largest absolute Gasteiger partial charge is 0.497 e. The van der Waals surface area contributed by atoms with Crippen molar-refractivity contribution in [3.8, 4) is 5.75 Å². The van der Waals surface area contributed by atoms with E-state index in [0.29, 0.717) is 36.6 Å². The average molecular weight is 396 g/mol. The Morgan fingerprint density at radius 3 is 2.90 bits per heavy atom. The van der Waals surface area contributed by atoms with Gasteiger partial charge in [-0.2, -0.15) is 0 Å². The first-order chi connectivity index (χ1) is 14.0. The molecule has 29 heavy (non-hydrogen) atoms. The lowest BCUT2D eigenvalue weighted by Gasteiger charge is -2.32. The van der Waals surface area contributed by atoms with Gasteiger partial charge in [-0.25, -0.2) is 9.97 Å². The number of likely N-dealkylation sites (tertiary alicyclic amines) is 1. The van der Waals surface area contributed by atoms with E-state index in [9.17, 15) is 9.59 Å². The van der Waals surface area contributed by atoms with Gasteiger partial charge in [0, 0.05) is 38.2 Å². The maximum absolute atomic E-state index is 12.6. The maximum Gasteiger partial charge on any atom is 0.254 e. The third-order valence-corrected chi connectivity index (χ3v) is 5.27. The van der Waals surface area contributed by atoms with Crippen LogP contribution < -0.4 is 10.1 Å². The Labute approximate surface area is 171 Å². The number of carbonyl (C=O) groups excluding carboxylic acids is 2. The van der Waals surface area contributed by atoms with Gasteiger partial charge in [0.05, 0.1) is 18.4 Å². The van der Waals surface area contributed by atoms with Crippen molar-refractivity contribution >= 4 is 11.8 Å². The Morgan fingerprint density at radius 1 is 1.34 bits per heavy atom. The monoisotopic (exact) mass is 396 g/mol. The molecule has 154 valence electrons. The van der Waals surface area contributed by atoms with Crippen LogP contribution in [0.4, 0.5) is 0 Å². The number of methoxy groups -OCH3 is 1. The highest BCUT2D eigenvalue weighted by Gasteiger charge is 2.26. The highest BCUT2D eigenvalue weighted by atomic mass is 16.5. The summed E-state index contributed by atoms with van der Waals surface area (Å²) >= 11 is 0. The summed E-state index contributed by atoms with van der Waals surface area (Å²) in [5.74, 6) is 1.54. The van der Waals surface area contributed by atoms with Crippen LogP contribution in [0.15, 0.2) is 30.5 Å². The molecular formula is C22H28N4O3. The summed E-state index contributed by atoms with van der Waals surface area (Å²) in [6.45, 7) is 5.54. The van der Waals surface area contributed by atoms with Crippen molar-refractivity contribution in [1.82, 2.24) is 20.2 Å². The molecule has 1 saturated heterocycles. The number of aromatic nitrogens is 2. The van der Waals surface area contributed by atoms with E-state index in [1.165, 1.54) is 0 Å². The molecule has 7 heteroatoms. The van der Waals surface area contributed by atoms with Gasteiger partial charge < -0.3 is 15.0 Å². The van der Waals surface area contributed by atoms with Gasteiger partial charge in [0.2, 0.25) is 5.91 Å². The topological polar surface area (TPSA) is 84.4 Å². The molecule has 1 atom stereocenters. The lowest BCUT2D eigenvalue weighted by Crippen LogP contribution is -2.39. The van der Waals surface area contributed by atoms with E-state index in [1.807, 2.05) is 43.0 Å². The molecule has 0 spiro atoms. The number of ether oxygens (including phenoxy) is 1. The normalized spacial score (nSPS) is 16.4. The minimum atomic E-state index is -0.205. The zero-order chi connectivity index (χ0) is 20.8. The smallest absolute Gasteiger partial charge is 0.254 e. The highest BCUT2D eigenvalue weighted by molar-refractivity contribution is 5.94. The van der Waals surface area contributed by atoms with Gasteiger partial charge in [0.25, 0.3) is 5.91 Å². The summed E-state index contributed by atoms with van der Waals surface area (Å²) in [5, 5.41) is 2.91. The van der Waals surface area contributed by atoms with Crippen LogP contribution in [0.5, 0.6) is 5.75 Å². The number of hydrogen-bond acceptors (Lipinski definition) is 5. The third kappa shape index (κ3) is 5.10. The van der Waals surface area contributed by atoms with Crippen molar-refractivity contribution in [2.24, 2.45) is 0 Å². The van der Waals surface area contributed by atoms with Gasteiger partial charge in [0.15, 0.2) is 0 Å². The van der Waals surface area contributed by atoms with Crippen molar-refractivity contribution in [3.63, 3.8) is 0 Å². The van der Waals surface area contributed by atoms with Gasteiger partial charge in [-0.1, -0.05) is 19.1 Å². The number of aryl methyl sites for hydroxylation is 1. The molecule has 1 aliphatic heterocycles. The lowest BCUT2D eigenvalue weighted by atomic mass is 9.96. The van der Waals surface area contributed by atoms with Crippen LogP contribution in [0, 0.1) is 6.92 Å². The highest BCUT2D eigenvalue weighted by Crippen LogP contribution is 2.25. The van der Waals surface area contributed by atoms with E-state index < -0.39 is 0 Å². The molecule has 2 amide bonds. The number of carbonyl (C=O) groups is 2. The number of amides is 2. The number of nitrogens with zero attached hydrogens (tertiary/aromatic N) is 3. The van der Waals surface area contributed by atoms with Gasteiger partial charge in [0.1, 0.15) is 11.6 Å². The second kappa shape index (κ2) is 9.49. The van der Waals surface area contributed by atoms with Crippen LogP contribution >= 0.6 is 0 Å². The Kier molecular flexibility index (Phi) is 6.80. The summed E-state index contributed by atoms with van der Waals surface area (Å²) < 4.78 is 5.21. The molecule has 0 radical (unpaired) electrons. The Morgan fingerprint density at radius 2 is 2.17 bits per heavy atom. The molecular weight excluding hydrogens is 368 g/mol. The third-order valence-electron chi connectivity index (χ3n) is 5.27. The van der Waals surface area contributed by atoms with E-state index >= 15 is 0 Å². The van der Waals surface area contributed by atoms with Crippen molar-refractivity contribution in [3.05, 3.63) is 53.1 Å². The number of hydrogen-bond donors (Lipinski definition) is 1. The van der Waals surface area contributed by atoms with Crippen LogP contribution in [0.1, 0.15) is 59.5 Å². The Bertz CT molecular complexity index is 884. The molecule has 3 rings (SSSR count). The van der Waals surface area contributed by atoms with Crippen molar-refractivity contribution in [2.75, 3.05) is 20.2 Å². The predicted octanol–water partition coefficient (Wildman–Crippen LogP) is 2.84. The van der Waals surface area contributed by atoms with Crippen LogP contribution in [0.25, 0.3) is 0 Å². The van der Waals surface area contributed by atoms with Crippen molar-refractivity contribution in [1.29, 1.82) is 0 Å². The van der Waals surface area contributed by atoms with E-state index in [2.05, 4.69) is 15.3 Å². The lowest BCUT2D eigenvalue weighted by molar-refractivity contribution is -0.132. The molecule has 0 bridgehead atoms. The molecule has 1 aliphatic rings. The Hall–Kier alpha value is -2.96. The van der Waals surface area contributed by atoms with E-state index in [1.54, 1.807) is 13.3 Å². The zero-order valence-electron chi connectivity index (χ0n) is 17.3. The fourth-order valence-corrected chi connectivity index (χ4v) is 3.60. The first-order valence-electron chi connectivity index (χ1n) is 10.0. The first kappa shape index (κ1) is 20.8. The van der Waals surface area contributed by atoms with E-state index in [4.69, 9.17) is 4.74 Å². The van der Waals surface area contributed by atoms with Crippen LogP contribution in [0.2, 0.25) is 0 Å². The van der Waals surface area contributed by atoms with Gasteiger partial charge in [-0.05, 0) is 37.5 Å². The summed E-state index contributed by atoms with van der Waals surface area (Å²) in [6.07, 6.45) is 4.01. The van der Waals surface area contributed by atoms with Crippen LogP contribution in [0.3, 0.4) is 0 Å². The second-order valence-electron chi connectivity index (χ2n) is 7.29. The number of nitrogens with one attached hydrogen (secondary N) is 1. The maximum atomic E-state index is 12.6. The Balaban J connectivity index is 1.65. The van der Waals surface area contributed by atoms with Crippen molar-refractivity contribution < 1.29 is 14.3 Å². The average Bonchev–Trinajstić information content (AvgIpc) is 2.77. The predicted molar refractivity (Wildman–Crippen MR) is 110 cm³/mol. The SMILES string of the molecule is CCC(=O)N1CCCC(c2ncc(C(=O)NCc3cccc(OC)c3)c(C)n2)C1. The summed E-state index contributed by atoms with van der Waals surface area (Å²) in [6, 6.07) is 7.57. The fraction of sp³-hybridized carbons (Fsp3) is 0.455. The molecule has 2 aromatic rings. The summed E-state index contributed by atoms with van der Waals surface area (Å²) in [7, 11) is 1.61. The van der Waals surface area contributed by atoms with Gasteiger partial charge in [-0.3, -0.25) is 9.59 Å². The molecule has 1 aromatic carbocycles. The van der Waals surface area contributed by atoms with Crippen LogP contribution in [-0.2, 0) is 11.3 Å². The minimum Gasteiger partial charge on any atom is -0.497 e. The molecule has 7 nitrogen and oxygen atoms in total. The number of piperidine rings is 1.